The van der Waals surface area contributed by atoms with Gasteiger partial charge in [-0.05, 0) is 24.3 Å². The molecule has 0 bridgehead atoms. The summed E-state index contributed by atoms with van der Waals surface area (Å²) < 4.78 is 5.06. The van der Waals surface area contributed by atoms with Gasteiger partial charge in [0.1, 0.15) is 5.03 Å². The van der Waals surface area contributed by atoms with Crippen molar-refractivity contribution in [2.45, 2.75) is 9.92 Å². The zero-order valence-electron chi connectivity index (χ0n) is 9.48. The summed E-state index contributed by atoms with van der Waals surface area (Å²) in [6, 6.07) is 8.84. The molecule has 0 saturated carbocycles. The first-order chi connectivity index (χ1) is 8.60. The summed E-state index contributed by atoms with van der Waals surface area (Å²) in [5, 5.41) is 1.70. The van der Waals surface area contributed by atoms with Gasteiger partial charge < -0.3 is 10.5 Å². The van der Waals surface area contributed by atoms with Crippen molar-refractivity contribution >= 4 is 40.7 Å². The number of benzene rings is 1. The lowest BCUT2D eigenvalue weighted by Crippen LogP contribution is -1.94. The second kappa shape index (κ2) is 5.69. The van der Waals surface area contributed by atoms with Crippen LogP contribution < -0.4 is 10.5 Å². The maximum Gasteiger partial charge on any atom is 0.214 e. The third-order valence-electron chi connectivity index (χ3n) is 2.18. The van der Waals surface area contributed by atoms with E-state index in [1.807, 2.05) is 6.07 Å². The Kier molecular flexibility index (Phi) is 4.22. The van der Waals surface area contributed by atoms with Gasteiger partial charge in [0, 0.05) is 11.0 Å². The molecule has 0 unspecified atom stereocenters. The molecule has 0 spiro atoms. The van der Waals surface area contributed by atoms with Crippen LogP contribution in [0.25, 0.3) is 0 Å². The molecular formula is C12H10Cl2N2OS. The van der Waals surface area contributed by atoms with Crippen molar-refractivity contribution in [3.63, 3.8) is 0 Å². The summed E-state index contributed by atoms with van der Waals surface area (Å²) in [5.41, 5.74) is 6.45. The van der Waals surface area contributed by atoms with E-state index in [0.29, 0.717) is 26.6 Å². The van der Waals surface area contributed by atoms with Crippen molar-refractivity contribution in [1.29, 1.82) is 0 Å². The summed E-state index contributed by atoms with van der Waals surface area (Å²) in [4.78, 5) is 5.19. The number of hydrogen-bond donors (Lipinski definition) is 1. The molecule has 0 atom stereocenters. The van der Waals surface area contributed by atoms with Gasteiger partial charge in [0.2, 0.25) is 5.88 Å². The predicted molar refractivity (Wildman–Crippen MR) is 75.8 cm³/mol. The Bertz CT molecular complexity index is 578. The van der Waals surface area contributed by atoms with Crippen LogP contribution in [0.15, 0.2) is 40.3 Å². The first-order valence-electron chi connectivity index (χ1n) is 5.03. The highest BCUT2D eigenvalue weighted by Crippen LogP contribution is 2.34. The molecule has 0 aliphatic heterocycles. The summed E-state index contributed by atoms with van der Waals surface area (Å²) in [6.45, 7) is 0. The standard InChI is InChI=1S/C12H10Cl2N2OS/c1-17-11-5-4-10(15)12(16-11)18-7-2-3-8(13)9(14)6-7/h2-6H,15H2,1H3. The SMILES string of the molecule is COc1ccc(N)c(Sc2ccc(Cl)c(Cl)c2)n1. The average Bonchev–Trinajstić information content (AvgIpc) is 2.36. The van der Waals surface area contributed by atoms with E-state index < -0.39 is 0 Å². The third kappa shape index (κ3) is 3.02. The number of pyridine rings is 1. The van der Waals surface area contributed by atoms with Gasteiger partial charge in [-0.2, -0.15) is 0 Å². The fourth-order valence-electron chi connectivity index (χ4n) is 1.28. The number of hydrogen-bond acceptors (Lipinski definition) is 4. The molecule has 0 saturated heterocycles. The molecular weight excluding hydrogens is 291 g/mol. The van der Waals surface area contributed by atoms with Gasteiger partial charge in [-0.3, -0.25) is 0 Å². The van der Waals surface area contributed by atoms with E-state index in [1.165, 1.54) is 11.8 Å². The zero-order chi connectivity index (χ0) is 13.1. The fraction of sp³-hybridized carbons (Fsp3) is 0.0833. The number of anilines is 1. The lowest BCUT2D eigenvalue weighted by Gasteiger charge is -2.07. The number of methoxy groups -OCH3 is 1. The number of nitrogens with two attached hydrogens (primary N) is 1. The average molecular weight is 301 g/mol. The highest BCUT2D eigenvalue weighted by Gasteiger charge is 2.07. The normalized spacial score (nSPS) is 10.4. The van der Waals surface area contributed by atoms with Crippen molar-refractivity contribution < 1.29 is 4.74 Å². The van der Waals surface area contributed by atoms with E-state index in [4.69, 9.17) is 33.7 Å². The van der Waals surface area contributed by atoms with Crippen molar-refractivity contribution in [2.75, 3.05) is 12.8 Å². The van der Waals surface area contributed by atoms with Gasteiger partial charge in [-0.15, -0.1) is 0 Å². The van der Waals surface area contributed by atoms with Crippen LogP contribution in [-0.2, 0) is 0 Å². The first-order valence-corrected chi connectivity index (χ1v) is 6.61. The highest BCUT2D eigenvalue weighted by molar-refractivity contribution is 7.99. The van der Waals surface area contributed by atoms with E-state index in [1.54, 1.807) is 31.4 Å². The molecule has 0 amide bonds. The number of ether oxygens (including phenoxy) is 1. The molecule has 1 aromatic carbocycles. The molecule has 0 fully saturated rings. The highest BCUT2D eigenvalue weighted by atomic mass is 35.5. The number of halogens is 2. The molecule has 1 aromatic heterocycles. The fourth-order valence-corrected chi connectivity index (χ4v) is 2.50. The van der Waals surface area contributed by atoms with Crippen molar-refractivity contribution in [1.82, 2.24) is 4.98 Å². The maximum absolute atomic E-state index is 5.96. The molecule has 0 aliphatic rings. The Morgan fingerprint density at radius 1 is 1.17 bits per heavy atom. The monoisotopic (exact) mass is 300 g/mol. The molecule has 0 radical (unpaired) electrons. The summed E-state index contributed by atoms with van der Waals surface area (Å²) in [7, 11) is 1.56. The predicted octanol–water partition coefficient (Wildman–Crippen LogP) is 4.13. The molecule has 1 heterocycles. The molecule has 2 rings (SSSR count). The van der Waals surface area contributed by atoms with Crippen LogP contribution >= 0.6 is 35.0 Å². The van der Waals surface area contributed by atoms with Crippen LogP contribution in [0.2, 0.25) is 10.0 Å². The second-order valence-electron chi connectivity index (χ2n) is 3.43. The Balaban J connectivity index is 2.30. The van der Waals surface area contributed by atoms with E-state index >= 15 is 0 Å². The molecule has 2 N–H and O–H groups in total. The Morgan fingerprint density at radius 2 is 1.94 bits per heavy atom. The van der Waals surface area contributed by atoms with Crippen LogP contribution in [0, 0.1) is 0 Å². The lowest BCUT2D eigenvalue weighted by molar-refractivity contribution is 0.395. The van der Waals surface area contributed by atoms with E-state index in [9.17, 15) is 0 Å². The van der Waals surface area contributed by atoms with E-state index in [2.05, 4.69) is 4.98 Å². The van der Waals surface area contributed by atoms with E-state index in [-0.39, 0.29) is 0 Å². The summed E-state index contributed by atoms with van der Waals surface area (Å²) >= 11 is 13.2. The van der Waals surface area contributed by atoms with Crippen molar-refractivity contribution in [3.05, 3.63) is 40.4 Å². The molecule has 94 valence electrons. The minimum Gasteiger partial charge on any atom is -0.481 e. The van der Waals surface area contributed by atoms with Gasteiger partial charge >= 0.3 is 0 Å². The third-order valence-corrected chi connectivity index (χ3v) is 3.93. The Labute approximate surface area is 119 Å². The smallest absolute Gasteiger partial charge is 0.214 e. The Morgan fingerprint density at radius 3 is 2.61 bits per heavy atom. The van der Waals surface area contributed by atoms with Gasteiger partial charge in [0.15, 0.2) is 0 Å². The minimum absolute atomic E-state index is 0.503. The summed E-state index contributed by atoms with van der Waals surface area (Å²) in [5.74, 6) is 0.520. The van der Waals surface area contributed by atoms with Crippen LogP contribution in [0.1, 0.15) is 0 Å². The van der Waals surface area contributed by atoms with Crippen LogP contribution in [0.3, 0.4) is 0 Å². The molecule has 3 nitrogen and oxygen atoms in total. The number of rotatable bonds is 3. The first kappa shape index (κ1) is 13.3. The van der Waals surface area contributed by atoms with Gasteiger partial charge in [-0.25, -0.2) is 4.98 Å². The second-order valence-corrected chi connectivity index (χ2v) is 5.30. The molecule has 2 aromatic rings. The van der Waals surface area contributed by atoms with E-state index in [0.717, 1.165) is 4.90 Å². The molecule has 6 heteroatoms. The molecule has 0 aliphatic carbocycles. The minimum atomic E-state index is 0.503. The summed E-state index contributed by atoms with van der Waals surface area (Å²) in [6.07, 6.45) is 0. The molecule has 18 heavy (non-hydrogen) atoms. The number of nitrogen functional groups attached to an aromatic ring is 1. The van der Waals surface area contributed by atoms with Crippen molar-refractivity contribution in [2.24, 2.45) is 0 Å². The topological polar surface area (TPSA) is 48.1 Å². The van der Waals surface area contributed by atoms with Crippen LogP contribution in [0.4, 0.5) is 5.69 Å². The van der Waals surface area contributed by atoms with Gasteiger partial charge in [0.25, 0.3) is 0 Å². The maximum atomic E-state index is 5.96. The van der Waals surface area contributed by atoms with Crippen molar-refractivity contribution in [3.8, 4) is 5.88 Å². The van der Waals surface area contributed by atoms with Gasteiger partial charge in [0.05, 0.1) is 22.8 Å². The quantitative estimate of drug-likeness (QED) is 0.926. The Hall–Kier alpha value is -1.10. The number of nitrogens with zero attached hydrogens (tertiary/aromatic N) is 1. The van der Waals surface area contributed by atoms with Gasteiger partial charge in [-0.1, -0.05) is 35.0 Å². The largest absolute Gasteiger partial charge is 0.481 e. The number of aromatic nitrogens is 1. The van der Waals surface area contributed by atoms with Crippen LogP contribution in [-0.4, -0.2) is 12.1 Å². The lowest BCUT2D eigenvalue weighted by atomic mass is 10.4. The van der Waals surface area contributed by atoms with Crippen LogP contribution in [0.5, 0.6) is 5.88 Å². The zero-order valence-corrected chi connectivity index (χ0v) is 11.8.